The molecule has 80 valence electrons. The van der Waals surface area contributed by atoms with Gasteiger partial charge in [-0.25, -0.2) is 8.42 Å². The van der Waals surface area contributed by atoms with Crippen LogP contribution >= 0.6 is 0 Å². The number of carbonyl (C=O) groups is 1. The highest BCUT2D eigenvalue weighted by atomic mass is 32.2. The van der Waals surface area contributed by atoms with Gasteiger partial charge >= 0.3 is 0 Å². The van der Waals surface area contributed by atoms with Crippen LogP contribution in [-0.4, -0.2) is 24.9 Å². The predicted octanol–water partition coefficient (Wildman–Crippen LogP) is 0.751. The van der Waals surface area contributed by atoms with Gasteiger partial charge in [0.2, 0.25) is 0 Å². The smallest absolute Gasteiger partial charge is 0.170 e. The summed E-state index contributed by atoms with van der Waals surface area (Å²) in [6.07, 6.45) is 4.04. The Morgan fingerprint density at radius 3 is 2.80 bits per heavy atom. The average molecular weight is 225 g/mol. The second kappa shape index (κ2) is 4.84. The molecule has 1 aromatic heterocycles. The van der Waals surface area contributed by atoms with E-state index in [2.05, 4.69) is 11.6 Å². The molecule has 0 bridgehead atoms. The summed E-state index contributed by atoms with van der Waals surface area (Å²) in [5.41, 5.74) is 0.578. The van der Waals surface area contributed by atoms with E-state index in [-0.39, 0.29) is 5.75 Å². The summed E-state index contributed by atoms with van der Waals surface area (Å²) in [6, 6.07) is 3.31. The second-order valence-corrected chi connectivity index (χ2v) is 5.13. The highest BCUT2D eigenvalue weighted by Gasteiger charge is 2.15. The average Bonchev–Trinajstić information content (AvgIpc) is 2.17. The van der Waals surface area contributed by atoms with E-state index in [0.29, 0.717) is 5.56 Å². The van der Waals surface area contributed by atoms with Gasteiger partial charge in [-0.1, -0.05) is 12.6 Å². The van der Waals surface area contributed by atoms with Crippen molar-refractivity contribution in [3.05, 3.63) is 42.7 Å². The highest BCUT2D eigenvalue weighted by molar-refractivity contribution is 7.91. The molecule has 0 saturated heterocycles. The van der Waals surface area contributed by atoms with E-state index in [1.165, 1.54) is 6.20 Å². The Hall–Kier alpha value is -1.49. The molecular weight excluding hydrogens is 214 g/mol. The first-order chi connectivity index (χ1) is 7.03. The lowest BCUT2D eigenvalue weighted by Gasteiger charge is -2.01. The number of allylic oxidation sites excluding steroid dienone is 1. The third-order valence-electron chi connectivity index (χ3n) is 1.70. The van der Waals surface area contributed by atoms with E-state index >= 15 is 0 Å². The van der Waals surface area contributed by atoms with Crippen molar-refractivity contribution in [3.8, 4) is 0 Å². The molecule has 1 aromatic rings. The molecule has 1 rings (SSSR count). The molecule has 5 heteroatoms. The largest absolute Gasteiger partial charge is 0.294 e. The minimum absolute atomic E-state index is 0.166. The Morgan fingerprint density at radius 2 is 2.27 bits per heavy atom. The van der Waals surface area contributed by atoms with Gasteiger partial charge in [-0.2, -0.15) is 0 Å². The molecule has 15 heavy (non-hydrogen) atoms. The number of aromatic nitrogens is 1. The predicted molar refractivity (Wildman–Crippen MR) is 56.9 cm³/mol. The lowest BCUT2D eigenvalue weighted by atomic mass is 10.3. The van der Waals surface area contributed by atoms with Crippen molar-refractivity contribution in [1.29, 1.82) is 0 Å². The molecule has 0 fully saturated rings. The first-order valence-electron chi connectivity index (χ1n) is 4.28. The van der Waals surface area contributed by atoms with Crippen molar-refractivity contribution >= 4 is 15.6 Å². The summed E-state index contributed by atoms with van der Waals surface area (Å²) in [6.45, 7) is 3.23. The van der Waals surface area contributed by atoms with E-state index in [1.807, 2.05) is 0 Å². The Labute approximate surface area is 88.6 Å². The molecule has 0 aliphatic rings. The van der Waals surface area contributed by atoms with E-state index in [4.69, 9.17) is 0 Å². The molecule has 0 N–H and O–H groups in total. The van der Waals surface area contributed by atoms with Crippen LogP contribution in [-0.2, 0) is 20.4 Å². The number of ketones is 1. The standard InChI is InChI=1S/C10H11NO3S/c1-2-10(12)8-15(13,14)7-9-4-3-5-11-6-9/h2-6H,1,7-8H2. The normalized spacial score (nSPS) is 10.9. The zero-order chi connectivity index (χ0) is 11.3. The van der Waals surface area contributed by atoms with Gasteiger partial charge < -0.3 is 0 Å². The third-order valence-corrected chi connectivity index (χ3v) is 3.20. The van der Waals surface area contributed by atoms with E-state index in [0.717, 1.165) is 6.08 Å². The van der Waals surface area contributed by atoms with Crippen LogP contribution in [0.1, 0.15) is 5.56 Å². The lowest BCUT2D eigenvalue weighted by Crippen LogP contribution is -2.15. The molecule has 1 heterocycles. The number of rotatable bonds is 5. The van der Waals surface area contributed by atoms with Crippen molar-refractivity contribution < 1.29 is 13.2 Å². The van der Waals surface area contributed by atoms with E-state index in [9.17, 15) is 13.2 Å². The monoisotopic (exact) mass is 225 g/mol. The van der Waals surface area contributed by atoms with E-state index < -0.39 is 21.4 Å². The third kappa shape index (κ3) is 4.03. The first kappa shape index (κ1) is 11.6. The quantitative estimate of drug-likeness (QED) is 0.694. The van der Waals surface area contributed by atoms with Crippen LogP contribution in [0.5, 0.6) is 0 Å². The van der Waals surface area contributed by atoms with Crippen molar-refractivity contribution in [2.45, 2.75) is 5.75 Å². The molecule has 0 unspecified atom stereocenters. The minimum Gasteiger partial charge on any atom is -0.294 e. The molecule has 4 nitrogen and oxygen atoms in total. The van der Waals surface area contributed by atoms with Crippen LogP contribution in [0.4, 0.5) is 0 Å². The fraction of sp³-hybridized carbons (Fsp3) is 0.200. The Bertz CT molecular complexity index is 451. The molecule has 0 saturated carbocycles. The molecule has 0 spiro atoms. The highest BCUT2D eigenvalue weighted by Crippen LogP contribution is 2.04. The van der Waals surface area contributed by atoms with Crippen molar-refractivity contribution in [2.24, 2.45) is 0 Å². The van der Waals surface area contributed by atoms with Gasteiger partial charge in [-0.3, -0.25) is 9.78 Å². The molecule has 0 aromatic carbocycles. The van der Waals surface area contributed by atoms with Crippen molar-refractivity contribution in [2.75, 3.05) is 5.75 Å². The van der Waals surface area contributed by atoms with Crippen LogP contribution in [0.2, 0.25) is 0 Å². The Kier molecular flexibility index (Phi) is 3.74. The lowest BCUT2D eigenvalue weighted by molar-refractivity contribution is -0.112. The number of hydrogen-bond acceptors (Lipinski definition) is 4. The zero-order valence-corrected chi connectivity index (χ0v) is 8.90. The number of carbonyl (C=O) groups excluding carboxylic acids is 1. The summed E-state index contributed by atoms with van der Waals surface area (Å²) in [5, 5.41) is 0. The molecular formula is C10H11NO3S. The summed E-state index contributed by atoms with van der Waals surface area (Å²) in [5.74, 6) is -1.15. The fourth-order valence-electron chi connectivity index (χ4n) is 1.06. The molecule has 0 aliphatic carbocycles. The first-order valence-corrected chi connectivity index (χ1v) is 6.10. The summed E-state index contributed by atoms with van der Waals surface area (Å²) < 4.78 is 22.9. The fourth-order valence-corrected chi connectivity index (χ4v) is 2.40. The molecule has 0 radical (unpaired) electrons. The van der Waals surface area contributed by atoms with Crippen LogP contribution in [0.25, 0.3) is 0 Å². The zero-order valence-electron chi connectivity index (χ0n) is 8.09. The van der Waals surface area contributed by atoms with Gasteiger partial charge in [-0.15, -0.1) is 0 Å². The minimum atomic E-state index is -3.41. The molecule has 0 aliphatic heterocycles. The van der Waals surface area contributed by atoms with Gasteiger partial charge in [0.25, 0.3) is 0 Å². The van der Waals surface area contributed by atoms with Gasteiger partial charge in [0.1, 0.15) is 5.75 Å². The molecule has 0 atom stereocenters. The maximum atomic E-state index is 11.5. The maximum absolute atomic E-state index is 11.5. The summed E-state index contributed by atoms with van der Waals surface area (Å²) in [4.78, 5) is 14.7. The van der Waals surface area contributed by atoms with Gasteiger partial charge in [0.15, 0.2) is 15.6 Å². The summed E-state index contributed by atoms with van der Waals surface area (Å²) >= 11 is 0. The van der Waals surface area contributed by atoms with E-state index in [1.54, 1.807) is 18.3 Å². The van der Waals surface area contributed by atoms with Crippen LogP contribution in [0, 0.1) is 0 Å². The number of hydrogen-bond donors (Lipinski definition) is 0. The number of nitrogens with zero attached hydrogens (tertiary/aromatic N) is 1. The second-order valence-electron chi connectivity index (χ2n) is 3.06. The van der Waals surface area contributed by atoms with Crippen molar-refractivity contribution in [1.82, 2.24) is 4.98 Å². The van der Waals surface area contributed by atoms with Gasteiger partial charge in [0, 0.05) is 12.4 Å². The number of sulfone groups is 1. The summed E-state index contributed by atoms with van der Waals surface area (Å²) in [7, 11) is -3.41. The topological polar surface area (TPSA) is 64.1 Å². The van der Waals surface area contributed by atoms with Crippen LogP contribution in [0.15, 0.2) is 37.2 Å². The van der Waals surface area contributed by atoms with Crippen LogP contribution < -0.4 is 0 Å². The maximum Gasteiger partial charge on any atom is 0.170 e. The SMILES string of the molecule is C=CC(=O)CS(=O)(=O)Cc1cccnc1. The van der Waals surface area contributed by atoms with Gasteiger partial charge in [0.05, 0.1) is 5.75 Å². The Balaban J connectivity index is 2.73. The van der Waals surface area contributed by atoms with Crippen LogP contribution in [0.3, 0.4) is 0 Å². The Morgan fingerprint density at radius 1 is 1.53 bits per heavy atom. The van der Waals surface area contributed by atoms with Gasteiger partial charge in [-0.05, 0) is 17.7 Å². The molecule has 0 amide bonds. The van der Waals surface area contributed by atoms with Crippen molar-refractivity contribution in [3.63, 3.8) is 0 Å². The number of pyridine rings is 1.